The van der Waals surface area contributed by atoms with Crippen LogP contribution in [0.1, 0.15) is 0 Å². The van der Waals surface area contributed by atoms with Crippen LogP contribution in [0.4, 0.5) is 0 Å². The summed E-state index contributed by atoms with van der Waals surface area (Å²) < 4.78 is 10.0. The first-order valence-corrected chi connectivity index (χ1v) is 7.36. The van der Waals surface area contributed by atoms with Gasteiger partial charge in [-0.2, -0.15) is 0 Å². The first-order valence-electron chi connectivity index (χ1n) is 2.62. The van der Waals surface area contributed by atoms with Crippen LogP contribution >= 0.6 is 50.0 Å². The molecule has 0 bridgehead atoms. The standard InChI is InChI=1S/C2H5Cl2O3P.C2H4ClP/c3-1-2(4)8(5,6)7;1-2-4-3/h2H,1H2,(H2,5,6,7);2,4H,1H2. The van der Waals surface area contributed by atoms with Gasteiger partial charge in [0.2, 0.25) is 0 Å². The third-order valence-corrected chi connectivity index (χ3v) is 3.70. The van der Waals surface area contributed by atoms with Crippen LogP contribution in [0.3, 0.4) is 0 Å². The van der Waals surface area contributed by atoms with E-state index < -0.39 is 12.7 Å². The fourth-order valence-corrected chi connectivity index (χ4v) is 0.809. The van der Waals surface area contributed by atoms with Crippen molar-refractivity contribution in [2.24, 2.45) is 0 Å². The predicted molar refractivity (Wildman–Crippen MR) is 56.8 cm³/mol. The number of rotatable bonds is 3. The molecule has 0 aromatic heterocycles. The summed E-state index contributed by atoms with van der Waals surface area (Å²) in [6.07, 6.45) is 0. The van der Waals surface area contributed by atoms with Gasteiger partial charge in [-0.1, -0.05) is 23.6 Å². The SMILES string of the molecule is C=CPCl.O=P(O)(O)C(Cl)CCl. The van der Waals surface area contributed by atoms with E-state index in [1.54, 1.807) is 5.82 Å². The predicted octanol–water partition coefficient (Wildman–Crippen LogP) is 2.93. The van der Waals surface area contributed by atoms with Crippen molar-refractivity contribution in [3.63, 3.8) is 0 Å². The topological polar surface area (TPSA) is 57.5 Å². The van der Waals surface area contributed by atoms with Gasteiger partial charge in [0.05, 0.1) is 5.88 Å². The molecule has 0 aliphatic rings. The lowest BCUT2D eigenvalue weighted by Gasteiger charge is -2.05. The molecule has 0 saturated heterocycles. The van der Waals surface area contributed by atoms with Gasteiger partial charge in [0, 0.05) is 0 Å². The molecule has 0 aliphatic heterocycles. The minimum absolute atomic E-state index is 0.230. The van der Waals surface area contributed by atoms with Crippen LogP contribution in [0.2, 0.25) is 0 Å². The lowest BCUT2D eigenvalue weighted by atomic mass is 10.9. The zero-order valence-electron chi connectivity index (χ0n) is 5.95. The first-order chi connectivity index (χ1) is 5.40. The van der Waals surface area contributed by atoms with Crippen molar-refractivity contribution in [1.29, 1.82) is 0 Å². The van der Waals surface area contributed by atoms with Crippen molar-refractivity contribution in [3.05, 3.63) is 12.4 Å². The van der Waals surface area contributed by atoms with Gasteiger partial charge in [-0.05, 0) is 7.93 Å². The molecule has 0 aliphatic carbocycles. The van der Waals surface area contributed by atoms with E-state index in [9.17, 15) is 4.57 Å². The molecule has 2 atom stereocenters. The molecular weight excluding hydrogens is 264 g/mol. The Bertz CT molecular complexity index is 160. The lowest BCUT2D eigenvalue weighted by molar-refractivity contribution is 0.371. The van der Waals surface area contributed by atoms with Crippen LogP contribution in [-0.4, -0.2) is 20.8 Å². The fourth-order valence-electron chi connectivity index (χ4n) is 0.0899. The third kappa shape index (κ3) is 11.2. The van der Waals surface area contributed by atoms with Crippen molar-refractivity contribution in [3.8, 4) is 0 Å². The Kier molecular flexibility index (Phi) is 11.4. The second kappa shape index (κ2) is 8.77. The second-order valence-corrected chi connectivity index (χ2v) is 5.71. The van der Waals surface area contributed by atoms with Gasteiger partial charge in [-0.3, -0.25) is 4.57 Å². The van der Waals surface area contributed by atoms with Gasteiger partial charge in [0.15, 0.2) is 0 Å². The molecule has 12 heavy (non-hydrogen) atoms. The third-order valence-electron chi connectivity index (χ3n) is 0.569. The molecule has 8 heteroatoms. The molecule has 0 aromatic carbocycles. The highest BCUT2D eigenvalue weighted by atomic mass is 35.7. The molecule has 2 unspecified atom stereocenters. The molecule has 0 spiro atoms. The minimum Gasteiger partial charge on any atom is -0.323 e. The number of hydrogen-bond acceptors (Lipinski definition) is 1. The lowest BCUT2D eigenvalue weighted by Crippen LogP contribution is -1.99. The average Bonchev–Trinajstić information content (AvgIpc) is 2.02. The van der Waals surface area contributed by atoms with E-state index in [1.807, 2.05) is 0 Å². The van der Waals surface area contributed by atoms with E-state index in [4.69, 9.17) is 44.2 Å². The summed E-state index contributed by atoms with van der Waals surface area (Å²) in [4.78, 5) is 16.4. The molecule has 0 radical (unpaired) electrons. The monoisotopic (exact) mass is 272 g/mol. The molecule has 2 N–H and O–H groups in total. The maximum absolute atomic E-state index is 10.0. The maximum atomic E-state index is 10.0. The zero-order chi connectivity index (χ0) is 10.2. The molecule has 74 valence electrons. The Balaban J connectivity index is 0. The summed E-state index contributed by atoms with van der Waals surface area (Å²) in [7, 11) is -3.75. The summed E-state index contributed by atoms with van der Waals surface area (Å²) in [5.41, 5.74) is 0. The molecule has 0 amide bonds. The highest BCUT2D eigenvalue weighted by Gasteiger charge is 2.24. The number of alkyl halides is 2. The average molecular weight is 273 g/mol. The van der Waals surface area contributed by atoms with E-state index in [-0.39, 0.29) is 5.88 Å². The molecule has 0 saturated carbocycles. The molecule has 0 fully saturated rings. The molecular formula is C4H9Cl3O3P2. The van der Waals surface area contributed by atoms with Crippen molar-refractivity contribution < 1.29 is 14.4 Å². The van der Waals surface area contributed by atoms with Crippen molar-refractivity contribution in [2.45, 2.75) is 5.12 Å². The fraction of sp³-hybridized carbons (Fsp3) is 0.500. The minimum atomic E-state index is -4.12. The Labute approximate surface area is 87.8 Å². The highest BCUT2D eigenvalue weighted by Crippen LogP contribution is 2.43. The Morgan fingerprint density at radius 3 is 2.00 bits per heavy atom. The molecule has 3 nitrogen and oxygen atoms in total. The van der Waals surface area contributed by atoms with Crippen LogP contribution in [0.15, 0.2) is 12.4 Å². The molecule has 0 heterocycles. The summed E-state index contributed by atoms with van der Waals surface area (Å²) >= 11 is 15.2. The van der Waals surface area contributed by atoms with Gasteiger partial charge in [-0.15, -0.1) is 23.2 Å². The van der Waals surface area contributed by atoms with Gasteiger partial charge in [0.1, 0.15) is 5.12 Å². The molecule has 0 aromatic rings. The summed E-state index contributed by atoms with van der Waals surface area (Å²) in [6, 6.07) is 0. The van der Waals surface area contributed by atoms with Crippen LogP contribution in [-0.2, 0) is 4.57 Å². The quantitative estimate of drug-likeness (QED) is 0.614. The van der Waals surface area contributed by atoms with Gasteiger partial charge >= 0.3 is 7.60 Å². The molecule has 0 rings (SSSR count). The van der Waals surface area contributed by atoms with E-state index >= 15 is 0 Å². The van der Waals surface area contributed by atoms with Gasteiger partial charge in [-0.25, -0.2) is 0 Å². The second-order valence-electron chi connectivity index (χ2n) is 1.49. The summed E-state index contributed by atoms with van der Waals surface area (Å²) in [5, 5.41) is -1.25. The Morgan fingerprint density at radius 1 is 1.67 bits per heavy atom. The Morgan fingerprint density at radius 2 is 2.00 bits per heavy atom. The first kappa shape index (κ1) is 15.7. The van der Waals surface area contributed by atoms with Crippen LogP contribution in [0, 0.1) is 0 Å². The van der Waals surface area contributed by atoms with Crippen molar-refractivity contribution in [2.75, 3.05) is 5.88 Å². The van der Waals surface area contributed by atoms with E-state index in [0.29, 0.717) is 7.93 Å². The zero-order valence-corrected chi connectivity index (χ0v) is 10.1. The van der Waals surface area contributed by atoms with E-state index in [1.165, 1.54) is 0 Å². The summed E-state index contributed by atoms with van der Waals surface area (Å²) in [6.45, 7) is 3.36. The summed E-state index contributed by atoms with van der Waals surface area (Å²) in [5.74, 6) is 1.44. The van der Waals surface area contributed by atoms with Crippen molar-refractivity contribution in [1.82, 2.24) is 0 Å². The van der Waals surface area contributed by atoms with E-state index in [0.717, 1.165) is 0 Å². The van der Waals surface area contributed by atoms with Gasteiger partial charge < -0.3 is 9.79 Å². The van der Waals surface area contributed by atoms with Gasteiger partial charge in [0.25, 0.3) is 0 Å². The number of hydrogen-bond donors (Lipinski definition) is 2. The van der Waals surface area contributed by atoms with Crippen LogP contribution in [0.5, 0.6) is 0 Å². The largest absolute Gasteiger partial charge is 0.344 e. The van der Waals surface area contributed by atoms with E-state index in [2.05, 4.69) is 6.58 Å². The highest BCUT2D eigenvalue weighted by molar-refractivity contribution is 7.71. The Hall–Kier alpha value is 1.19. The maximum Gasteiger partial charge on any atom is 0.344 e. The van der Waals surface area contributed by atoms with Crippen LogP contribution < -0.4 is 0 Å². The van der Waals surface area contributed by atoms with Crippen molar-refractivity contribution >= 4 is 50.0 Å². The van der Waals surface area contributed by atoms with Crippen LogP contribution in [0.25, 0.3) is 0 Å². The smallest absolute Gasteiger partial charge is 0.323 e. The normalized spacial score (nSPS) is 13.8. The number of halogens is 3.